The first-order chi connectivity index (χ1) is 13.6. The summed E-state index contributed by atoms with van der Waals surface area (Å²) < 4.78 is 5.22. The van der Waals surface area contributed by atoms with Crippen molar-refractivity contribution in [3.8, 4) is 17.1 Å². The zero-order chi connectivity index (χ0) is 19.5. The van der Waals surface area contributed by atoms with E-state index in [1.807, 2.05) is 67.6 Å². The van der Waals surface area contributed by atoms with Gasteiger partial charge in [0.25, 0.3) is 0 Å². The van der Waals surface area contributed by atoms with Crippen LogP contribution < -0.4 is 10.1 Å². The van der Waals surface area contributed by atoms with Crippen molar-refractivity contribution in [3.05, 3.63) is 77.9 Å². The summed E-state index contributed by atoms with van der Waals surface area (Å²) >= 11 is 0. The van der Waals surface area contributed by atoms with E-state index in [0.29, 0.717) is 0 Å². The number of carbonyl (C=O) groups is 1. The number of hydrogen-bond acceptors (Lipinski definition) is 3. The number of imidazole rings is 1. The molecule has 0 fully saturated rings. The molecule has 0 atom stereocenters. The van der Waals surface area contributed by atoms with E-state index in [9.17, 15) is 4.79 Å². The Morgan fingerprint density at radius 2 is 1.93 bits per heavy atom. The third-order valence-corrected chi connectivity index (χ3v) is 4.59. The SMILES string of the molecule is COc1cccc(CC(=O)Nc2ccccc2-c2nc3ccc(C)cc3[nH]2)c1. The predicted molar refractivity (Wildman–Crippen MR) is 112 cm³/mol. The Bertz CT molecular complexity index is 1150. The Labute approximate surface area is 163 Å². The third-order valence-electron chi connectivity index (χ3n) is 4.59. The van der Waals surface area contributed by atoms with E-state index in [4.69, 9.17) is 4.74 Å². The fraction of sp³-hybridized carbons (Fsp3) is 0.130. The number of hydrogen-bond donors (Lipinski definition) is 2. The Kier molecular flexibility index (Phi) is 4.81. The number of aryl methyl sites for hydroxylation is 1. The number of amides is 1. The van der Waals surface area contributed by atoms with E-state index in [1.165, 1.54) is 5.56 Å². The van der Waals surface area contributed by atoms with Crippen LogP contribution >= 0.6 is 0 Å². The number of H-pyrrole nitrogens is 1. The van der Waals surface area contributed by atoms with Crippen molar-refractivity contribution in [2.45, 2.75) is 13.3 Å². The van der Waals surface area contributed by atoms with Gasteiger partial charge in [-0.05, 0) is 54.4 Å². The van der Waals surface area contributed by atoms with E-state index in [-0.39, 0.29) is 12.3 Å². The number of benzene rings is 3. The Hall–Kier alpha value is -3.60. The Balaban J connectivity index is 1.59. The smallest absolute Gasteiger partial charge is 0.228 e. The first-order valence-corrected chi connectivity index (χ1v) is 9.11. The van der Waals surface area contributed by atoms with Gasteiger partial charge in [0.1, 0.15) is 11.6 Å². The number of nitrogens with zero attached hydrogens (tertiary/aromatic N) is 1. The summed E-state index contributed by atoms with van der Waals surface area (Å²) in [6.07, 6.45) is 0.269. The number of fused-ring (bicyclic) bond motifs is 1. The average molecular weight is 371 g/mol. The largest absolute Gasteiger partial charge is 0.497 e. The third kappa shape index (κ3) is 3.74. The predicted octanol–water partition coefficient (Wildman–Crippen LogP) is 4.73. The number of rotatable bonds is 5. The Morgan fingerprint density at radius 1 is 1.07 bits per heavy atom. The Morgan fingerprint density at radius 3 is 2.79 bits per heavy atom. The van der Waals surface area contributed by atoms with Gasteiger partial charge < -0.3 is 15.0 Å². The second-order valence-corrected chi connectivity index (χ2v) is 6.73. The highest BCUT2D eigenvalue weighted by Crippen LogP contribution is 2.28. The standard InChI is InChI=1S/C23H21N3O2/c1-15-10-11-20-21(12-15)26-23(25-20)18-8-3-4-9-19(18)24-22(27)14-16-6-5-7-17(13-16)28-2/h3-13H,14H2,1-2H3,(H,24,27)(H,25,26). The van der Waals surface area contributed by atoms with Crippen LogP contribution in [0.3, 0.4) is 0 Å². The lowest BCUT2D eigenvalue weighted by Gasteiger charge is -2.10. The molecule has 1 heterocycles. The van der Waals surface area contributed by atoms with Crippen LogP contribution in [0.2, 0.25) is 0 Å². The molecule has 4 aromatic rings. The topological polar surface area (TPSA) is 67.0 Å². The van der Waals surface area contributed by atoms with Crippen LogP contribution in [0.1, 0.15) is 11.1 Å². The van der Waals surface area contributed by atoms with E-state index in [0.717, 1.165) is 39.4 Å². The number of aromatic amines is 1. The van der Waals surface area contributed by atoms with Crippen molar-refractivity contribution in [3.63, 3.8) is 0 Å². The van der Waals surface area contributed by atoms with E-state index < -0.39 is 0 Å². The molecule has 3 aromatic carbocycles. The van der Waals surface area contributed by atoms with Crippen molar-refractivity contribution in [2.75, 3.05) is 12.4 Å². The molecule has 0 bridgehead atoms. The van der Waals surface area contributed by atoms with Gasteiger partial charge in [0.05, 0.1) is 30.3 Å². The highest BCUT2D eigenvalue weighted by molar-refractivity contribution is 5.96. The highest BCUT2D eigenvalue weighted by Gasteiger charge is 2.12. The summed E-state index contributed by atoms with van der Waals surface area (Å²) in [7, 11) is 1.62. The molecule has 0 spiro atoms. The van der Waals surface area contributed by atoms with Gasteiger partial charge in [-0.15, -0.1) is 0 Å². The maximum absolute atomic E-state index is 12.6. The molecule has 0 aliphatic heterocycles. The maximum Gasteiger partial charge on any atom is 0.228 e. The molecule has 0 saturated carbocycles. The van der Waals surface area contributed by atoms with Gasteiger partial charge in [0.15, 0.2) is 0 Å². The molecule has 0 saturated heterocycles. The highest BCUT2D eigenvalue weighted by atomic mass is 16.5. The second-order valence-electron chi connectivity index (χ2n) is 6.73. The summed E-state index contributed by atoms with van der Waals surface area (Å²) in [5, 5.41) is 3.01. The molecule has 0 radical (unpaired) electrons. The summed E-state index contributed by atoms with van der Waals surface area (Å²) in [4.78, 5) is 20.6. The molecule has 28 heavy (non-hydrogen) atoms. The minimum absolute atomic E-state index is 0.0901. The van der Waals surface area contributed by atoms with Crippen LogP contribution in [0.4, 0.5) is 5.69 Å². The lowest BCUT2D eigenvalue weighted by Crippen LogP contribution is -2.15. The molecule has 4 rings (SSSR count). The van der Waals surface area contributed by atoms with Gasteiger partial charge in [-0.25, -0.2) is 4.98 Å². The fourth-order valence-electron chi connectivity index (χ4n) is 3.21. The first kappa shape index (κ1) is 17.8. The molecule has 1 amide bonds. The number of para-hydroxylation sites is 1. The monoisotopic (exact) mass is 371 g/mol. The maximum atomic E-state index is 12.6. The van der Waals surface area contributed by atoms with Crippen molar-refractivity contribution in [1.29, 1.82) is 0 Å². The van der Waals surface area contributed by atoms with Gasteiger partial charge in [-0.3, -0.25) is 4.79 Å². The van der Waals surface area contributed by atoms with Crippen LogP contribution in [0.5, 0.6) is 5.75 Å². The molecule has 0 aliphatic carbocycles. The van der Waals surface area contributed by atoms with Gasteiger partial charge >= 0.3 is 0 Å². The van der Waals surface area contributed by atoms with Crippen molar-refractivity contribution >= 4 is 22.6 Å². The molecule has 1 aromatic heterocycles. The fourth-order valence-corrected chi connectivity index (χ4v) is 3.21. The average Bonchev–Trinajstić information content (AvgIpc) is 3.11. The summed E-state index contributed by atoms with van der Waals surface area (Å²) in [5.74, 6) is 1.38. The number of nitrogens with one attached hydrogen (secondary N) is 2. The van der Waals surface area contributed by atoms with Gasteiger partial charge in [-0.1, -0.05) is 30.3 Å². The van der Waals surface area contributed by atoms with E-state index in [1.54, 1.807) is 7.11 Å². The number of anilines is 1. The molecular formula is C23H21N3O2. The number of carbonyl (C=O) groups excluding carboxylic acids is 1. The first-order valence-electron chi connectivity index (χ1n) is 9.11. The summed E-state index contributed by atoms with van der Waals surface area (Å²) in [5.41, 5.74) is 5.53. The number of methoxy groups -OCH3 is 1. The van der Waals surface area contributed by atoms with Gasteiger partial charge in [0.2, 0.25) is 5.91 Å². The van der Waals surface area contributed by atoms with Crippen LogP contribution in [0.25, 0.3) is 22.4 Å². The van der Waals surface area contributed by atoms with Crippen molar-refractivity contribution < 1.29 is 9.53 Å². The van der Waals surface area contributed by atoms with Gasteiger partial charge in [-0.2, -0.15) is 0 Å². The molecule has 5 heteroatoms. The van der Waals surface area contributed by atoms with E-state index >= 15 is 0 Å². The zero-order valence-electron chi connectivity index (χ0n) is 15.8. The minimum atomic E-state index is -0.0901. The molecule has 5 nitrogen and oxygen atoms in total. The zero-order valence-corrected chi connectivity index (χ0v) is 15.8. The van der Waals surface area contributed by atoms with Crippen LogP contribution in [0.15, 0.2) is 66.7 Å². The van der Waals surface area contributed by atoms with Crippen LogP contribution in [0, 0.1) is 6.92 Å². The van der Waals surface area contributed by atoms with Crippen LogP contribution in [-0.4, -0.2) is 23.0 Å². The molecule has 0 aliphatic rings. The minimum Gasteiger partial charge on any atom is -0.497 e. The van der Waals surface area contributed by atoms with Crippen molar-refractivity contribution in [2.24, 2.45) is 0 Å². The molecule has 140 valence electrons. The van der Waals surface area contributed by atoms with Crippen LogP contribution in [-0.2, 0) is 11.2 Å². The lowest BCUT2D eigenvalue weighted by atomic mass is 10.1. The second kappa shape index (κ2) is 7.56. The summed E-state index contributed by atoms with van der Waals surface area (Å²) in [6, 6.07) is 21.3. The number of aromatic nitrogens is 2. The molecular weight excluding hydrogens is 350 g/mol. The van der Waals surface area contributed by atoms with Gasteiger partial charge in [0, 0.05) is 5.56 Å². The normalized spacial score (nSPS) is 10.8. The summed E-state index contributed by atoms with van der Waals surface area (Å²) in [6.45, 7) is 2.05. The molecule has 0 unspecified atom stereocenters. The van der Waals surface area contributed by atoms with E-state index in [2.05, 4.69) is 21.4 Å². The number of ether oxygens (including phenoxy) is 1. The quantitative estimate of drug-likeness (QED) is 0.533. The lowest BCUT2D eigenvalue weighted by molar-refractivity contribution is -0.115. The van der Waals surface area contributed by atoms with Crippen molar-refractivity contribution in [1.82, 2.24) is 9.97 Å². The molecule has 2 N–H and O–H groups in total.